The van der Waals surface area contributed by atoms with Gasteiger partial charge in [0.1, 0.15) is 0 Å². The van der Waals surface area contributed by atoms with E-state index < -0.39 is 11.7 Å². The van der Waals surface area contributed by atoms with Crippen molar-refractivity contribution in [3.8, 4) is 0 Å². The lowest BCUT2D eigenvalue weighted by Crippen LogP contribution is -2.06. The molecular weight excluding hydrogens is 269 g/mol. The van der Waals surface area contributed by atoms with Gasteiger partial charge in [-0.25, -0.2) is 0 Å². The maximum atomic E-state index is 12.4. The molecule has 0 saturated heterocycles. The number of rotatable bonds is 2. The summed E-state index contributed by atoms with van der Waals surface area (Å²) < 4.78 is 37.2. The van der Waals surface area contributed by atoms with Crippen molar-refractivity contribution < 1.29 is 13.2 Å². The molecule has 15 heavy (non-hydrogen) atoms. The first-order valence-corrected chi connectivity index (χ1v) is 5.83. The summed E-state index contributed by atoms with van der Waals surface area (Å²) in [6.07, 6.45) is -2.13. The number of hydrogen-bond acceptors (Lipinski definition) is 0. The molecule has 0 amide bonds. The van der Waals surface area contributed by atoms with Crippen LogP contribution in [0.4, 0.5) is 13.2 Å². The van der Waals surface area contributed by atoms with E-state index >= 15 is 0 Å². The van der Waals surface area contributed by atoms with E-state index in [2.05, 4.69) is 22.0 Å². The highest BCUT2D eigenvalue weighted by atomic mass is 79.9. The Balaban J connectivity index is 2.38. The van der Waals surface area contributed by atoms with Crippen LogP contribution in [0.1, 0.15) is 35.4 Å². The minimum atomic E-state index is -4.29. The average Bonchev–Trinajstić information content (AvgIpc) is 2.98. The van der Waals surface area contributed by atoms with Crippen molar-refractivity contribution in [1.82, 2.24) is 0 Å². The van der Waals surface area contributed by atoms with E-state index in [4.69, 9.17) is 0 Å². The summed E-state index contributed by atoms with van der Waals surface area (Å²) in [6.45, 7) is 0. The van der Waals surface area contributed by atoms with Crippen molar-refractivity contribution in [3.05, 3.63) is 34.9 Å². The van der Waals surface area contributed by atoms with Gasteiger partial charge in [-0.3, -0.25) is 0 Å². The molecule has 1 aromatic rings. The summed E-state index contributed by atoms with van der Waals surface area (Å²) in [6, 6.07) is 5.17. The smallest absolute Gasteiger partial charge is 0.166 e. The molecule has 0 atom stereocenters. The third kappa shape index (κ3) is 2.36. The van der Waals surface area contributed by atoms with E-state index in [9.17, 15) is 13.2 Å². The van der Waals surface area contributed by atoms with Crippen molar-refractivity contribution in [3.63, 3.8) is 0 Å². The van der Waals surface area contributed by atoms with Crippen molar-refractivity contribution in [2.75, 3.05) is 0 Å². The summed E-state index contributed by atoms with van der Waals surface area (Å²) in [4.78, 5) is 0. The van der Waals surface area contributed by atoms with Crippen LogP contribution in [0.15, 0.2) is 12.1 Å². The lowest BCUT2D eigenvalue weighted by atomic mass is 10.0. The van der Waals surface area contributed by atoms with Crippen molar-refractivity contribution >= 4 is 15.9 Å². The van der Waals surface area contributed by atoms with Gasteiger partial charge < -0.3 is 0 Å². The van der Waals surface area contributed by atoms with Crippen LogP contribution in [0.3, 0.4) is 0 Å². The maximum absolute atomic E-state index is 12.4. The molecule has 1 aliphatic carbocycles. The number of hydrogen-bond donors (Lipinski definition) is 0. The summed E-state index contributed by atoms with van der Waals surface area (Å²) in [5.41, 5.74) is 0.980. The molecule has 0 unspecified atom stereocenters. The second-order valence-corrected chi connectivity index (χ2v) is 4.27. The molecule has 1 fully saturated rings. The SMILES string of the molecule is FC(F)(F)c1[c]c(CBr)c(C2CC2)cc1. The zero-order valence-electron chi connectivity index (χ0n) is 7.87. The van der Waals surface area contributed by atoms with E-state index in [0.29, 0.717) is 16.8 Å². The summed E-state index contributed by atoms with van der Waals surface area (Å²) in [5.74, 6) is 0.455. The molecule has 0 N–H and O–H groups in total. The fourth-order valence-electron chi connectivity index (χ4n) is 1.60. The topological polar surface area (TPSA) is 0 Å². The first-order valence-electron chi connectivity index (χ1n) is 4.70. The van der Waals surface area contributed by atoms with Crippen molar-refractivity contribution in [2.45, 2.75) is 30.3 Å². The number of benzene rings is 1. The van der Waals surface area contributed by atoms with Gasteiger partial charge in [-0.1, -0.05) is 22.0 Å². The summed E-state index contributed by atoms with van der Waals surface area (Å²) in [5, 5.41) is 0.433. The molecule has 0 heterocycles. The van der Waals surface area contributed by atoms with Crippen LogP contribution in [0.2, 0.25) is 0 Å². The second-order valence-electron chi connectivity index (χ2n) is 3.71. The normalized spacial score (nSPS) is 16.8. The van der Waals surface area contributed by atoms with Gasteiger partial charge in [0, 0.05) is 5.33 Å². The Bertz CT molecular complexity index is 367. The predicted octanol–water partition coefficient (Wildman–Crippen LogP) is 4.28. The third-order valence-electron chi connectivity index (χ3n) is 2.52. The molecule has 1 radical (unpaired) electrons. The van der Waals surface area contributed by atoms with Gasteiger partial charge in [0.05, 0.1) is 5.56 Å². The minimum absolute atomic E-state index is 0.433. The summed E-state index contributed by atoms with van der Waals surface area (Å²) >= 11 is 3.21. The molecule has 81 valence electrons. The first kappa shape index (κ1) is 11.0. The molecule has 4 heteroatoms. The van der Waals surface area contributed by atoms with Crippen LogP contribution >= 0.6 is 15.9 Å². The van der Waals surface area contributed by atoms with Gasteiger partial charge in [0.2, 0.25) is 0 Å². The quantitative estimate of drug-likeness (QED) is 0.708. The molecule has 0 nitrogen and oxygen atoms in total. The zero-order valence-corrected chi connectivity index (χ0v) is 9.45. The van der Waals surface area contributed by atoms with Crippen LogP contribution < -0.4 is 0 Å². The average molecular weight is 278 g/mol. The number of alkyl halides is 4. The first-order chi connectivity index (χ1) is 7.02. The van der Waals surface area contributed by atoms with Gasteiger partial charge in [-0.15, -0.1) is 0 Å². The Labute approximate surface area is 94.6 Å². The standard InChI is InChI=1S/C11H9BrF3/c12-6-8-5-9(11(13,14)15)3-4-10(8)7-1-2-7/h3-4,7H,1-2,6H2. The monoisotopic (exact) mass is 277 g/mol. The molecule has 0 bridgehead atoms. The molecule has 2 rings (SSSR count). The largest absolute Gasteiger partial charge is 0.417 e. The van der Waals surface area contributed by atoms with Gasteiger partial charge >= 0.3 is 6.18 Å². The molecule has 1 saturated carbocycles. The van der Waals surface area contributed by atoms with Crippen LogP contribution in [0.5, 0.6) is 0 Å². The number of halogens is 4. The Morgan fingerprint density at radius 2 is 2.00 bits per heavy atom. The predicted molar refractivity (Wildman–Crippen MR) is 54.9 cm³/mol. The molecular formula is C11H9BrF3. The van der Waals surface area contributed by atoms with E-state index in [-0.39, 0.29) is 0 Å². The Morgan fingerprint density at radius 3 is 2.47 bits per heavy atom. The van der Waals surface area contributed by atoms with Gasteiger partial charge in [-0.05, 0) is 42.0 Å². The van der Waals surface area contributed by atoms with Gasteiger partial charge in [0.25, 0.3) is 0 Å². The molecule has 1 aromatic carbocycles. The maximum Gasteiger partial charge on any atom is 0.417 e. The van der Waals surface area contributed by atoms with Gasteiger partial charge in [-0.2, -0.15) is 13.2 Å². The van der Waals surface area contributed by atoms with Crippen LogP contribution in [0, 0.1) is 6.07 Å². The highest BCUT2D eigenvalue weighted by Crippen LogP contribution is 2.43. The second kappa shape index (κ2) is 3.81. The van der Waals surface area contributed by atoms with Crippen LogP contribution in [0.25, 0.3) is 0 Å². The molecule has 1 aliphatic rings. The molecule has 0 aromatic heterocycles. The van der Waals surface area contributed by atoms with E-state index in [1.807, 2.05) is 0 Å². The van der Waals surface area contributed by atoms with E-state index in [1.54, 1.807) is 6.07 Å². The van der Waals surface area contributed by atoms with Crippen LogP contribution in [-0.2, 0) is 11.5 Å². The third-order valence-corrected chi connectivity index (χ3v) is 3.08. The zero-order chi connectivity index (χ0) is 11.1. The van der Waals surface area contributed by atoms with E-state index in [0.717, 1.165) is 24.5 Å². The molecule has 0 aliphatic heterocycles. The Hall–Kier alpha value is -0.510. The Kier molecular flexibility index (Phi) is 2.79. The minimum Gasteiger partial charge on any atom is -0.166 e. The Morgan fingerprint density at radius 1 is 1.33 bits per heavy atom. The van der Waals surface area contributed by atoms with Crippen LogP contribution in [-0.4, -0.2) is 0 Å². The van der Waals surface area contributed by atoms with Gasteiger partial charge in [0.15, 0.2) is 0 Å². The molecule has 0 spiro atoms. The van der Waals surface area contributed by atoms with E-state index in [1.165, 1.54) is 0 Å². The lowest BCUT2D eigenvalue weighted by Gasteiger charge is -2.10. The fourth-order valence-corrected chi connectivity index (χ4v) is 2.07. The highest BCUT2D eigenvalue weighted by Gasteiger charge is 2.33. The summed E-state index contributed by atoms with van der Waals surface area (Å²) in [7, 11) is 0. The van der Waals surface area contributed by atoms with Crippen molar-refractivity contribution in [1.29, 1.82) is 0 Å². The highest BCUT2D eigenvalue weighted by molar-refractivity contribution is 9.08. The fraction of sp³-hybridized carbons (Fsp3) is 0.455. The van der Waals surface area contributed by atoms with Crippen molar-refractivity contribution in [2.24, 2.45) is 0 Å². The lowest BCUT2D eigenvalue weighted by molar-refractivity contribution is -0.137.